The predicted molar refractivity (Wildman–Crippen MR) is 43.7 cm³/mol. The number of carbonyl (C=O) groups excluding carboxylic acids is 1. The Balaban J connectivity index is 2.54. The summed E-state index contributed by atoms with van der Waals surface area (Å²) in [5.41, 5.74) is 0. The van der Waals surface area contributed by atoms with Crippen molar-refractivity contribution in [3.05, 3.63) is 11.0 Å². The molecular formula is C7H8O4S. The molecule has 1 heterocycles. The average molecular weight is 188 g/mol. The van der Waals surface area contributed by atoms with E-state index in [4.69, 9.17) is 5.11 Å². The van der Waals surface area contributed by atoms with E-state index in [1.54, 1.807) is 6.08 Å². The average Bonchev–Trinajstić information content (AvgIpc) is 2.51. The van der Waals surface area contributed by atoms with Crippen LogP contribution in [0.3, 0.4) is 0 Å². The van der Waals surface area contributed by atoms with Crippen molar-refractivity contribution in [2.75, 3.05) is 7.11 Å². The molecule has 0 aromatic carbocycles. The summed E-state index contributed by atoms with van der Waals surface area (Å²) in [5, 5.41) is 8.05. The van der Waals surface area contributed by atoms with Gasteiger partial charge in [0, 0.05) is 0 Å². The topological polar surface area (TPSA) is 63.6 Å². The number of allylic oxidation sites excluding steroid dienone is 1. The zero-order valence-electron chi connectivity index (χ0n) is 6.44. The van der Waals surface area contributed by atoms with Crippen molar-refractivity contribution in [1.29, 1.82) is 0 Å². The van der Waals surface area contributed by atoms with Crippen LogP contribution in [0.5, 0.6) is 0 Å². The molecule has 0 spiro atoms. The lowest BCUT2D eigenvalue weighted by atomic mass is 10.3. The van der Waals surface area contributed by atoms with Gasteiger partial charge in [0.2, 0.25) is 0 Å². The van der Waals surface area contributed by atoms with Crippen molar-refractivity contribution in [3.63, 3.8) is 0 Å². The summed E-state index contributed by atoms with van der Waals surface area (Å²) in [7, 11) is 1.28. The largest absolute Gasteiger partial charge is 0.480 e. The van der Waals surface area contributed by atoms with E-state index in [0.29, 0.717) is 11.3 Å². The Morgan fingerprint density at radius 2 is 2.42 bits per heavy atom. The first-order chi connectivity index (χ1) is 5.65. The molecule has 0 bridgehead atoms. The molecule has 0 aromatic heterocycles. The monoisotopic (exact) mass is 188 g/mol. The maximum absolute atomic E-state index is 10.9. The molecule has 5 heteroatoms. The SMILES string of the molecule is COC(=O)C1=CCC(C(=O)O)S1. The molecule has 1 rings (SSSR count). The number of aliphatic carboxylic acids is 1. The van der Waals surface area contributed by atoms with Crippen LogP contribution in [0, 0.1) is 0 Å². The maximum Gasteiger partial charge on any atom is 0.344 e. The van der Waals surface area contributed by atoms with E-state index in [1.165, 1.54) is 7.11 Å². The van der Waals surface area contributed by atoms with E-state index < -0.39 is 17.2 Å². The Hall–Kier alpha value is -0.970. The number of hydrogen-bond donors (Lipinski definition) is 1. The van der Waals surface area contributed by atoms with Gasteiger partial charge in [0.1, 0.15) is 5.25 Å². The summed E-state index contributed by atoms with van der Waals surface area (Å²) >= 11 is 1.04. The quantitative estimate of drug-likeness (QED) is 0.644. The summed E-state index contributed by atoms with van der Waals surface area (Å²) in [5.74, 6) is -1.35. The number of methoxy groups -OCH3 is 1. The summed E-state index contributed by atoms with van der Waals surface area (Å²) in [6.07, 6.45) is 1.99. The zero-order chi connectivity index (χ0) is 9.14. The Morgan fingerprint density at radius 3 is 2.83 bits per heavy atom. The van der Waals surface area contributed by atoms with Gasteiger partial charge in [-0.25, -0.2) is 4.79 Å². The van der Waals surface area contributed by atoms with Crippen LogP contribution in [0.4, 0.5) is 0 Å². The fourth-order valence-corrected chi connectivity index (χ4v) is 1.82. The van der Waals surface area contributed by atoms with Gasteiger partial charge in [-0.05, 0) is 6.42 Å². The van der Waals surface area contributed by atoms with Crippen molar-refractivity contribution in [2.24, 2.45) is 0 Å². The summed E-state index contributed by atoms with van der Waals surface area (Å²) < 4.78 is 4.44. The lowest BCUT2D eigenvalue weighted by Crippen LogP contribution is -2.12. The van der Waals surface area contributed by atoms with E-state index in [1.807, 2.05) is 0 Å². The van der Waals surface area contributed by atoms with Crippen LogP contribution < -0.4 is 0 Å². The van der Waals surface area contributed by atoms with Crippen molar-refractivity contribution < 1.29 is 19.4 Å². The Labute approximate surface area is 73.6 Å². The first-order valence-corrected chi connectivity index (χ1v) is 4.21. The van der Waals surface area contributed by atoms with Crippen LogP contribution >= 0.6 is 11.8 Å². The van der Waals surface area contributed by atoms with Gasteiger partial charge in [0.25, 0.3) is 0 Å². The third-order valence-corrected chi connectivity index (χ3v) is 2.71. The number of rotatable bonds is 2. The molecule has 0 radical (unpaired) electrons. The van der Waals surface area contributed by atoms with Gasteiger partial charge >= 0.3 is 11.9 Å². The highest BCUT2D eigenvalue weighted by Gasteiger charge is 2.28. The molecule has 1 N–H and O–H groups in total. The van der Waals surface area contributed by atoms with Crippen LogP contribution in [-0.2, 0) is 14.3 Å². The highest BCUT2D eigenvalue weighted by Crippen LogP contribution is 2.32. The van der Waals surface area contributed by atoms with Crippen LogP contribution in [0.2, 0.25) is 0 Å². The molecule has 1 aliphatic rings. The number of carboxylic acid groups (broad SMARTS) is 1. The normalized spacial score (nSPS) is 21.8. The molecule has 12 heavy (non-hydrogen) atoms. The molecule has 4 nitrogen and oxygen atoms in total. The van der Waals surface area contributed by atoms with Crippen LogP contribution in [0.15, 0.2) is 11.0 Å². The lowest BCUT2D eigenvalue weighted by molar-refractivity contribution is -0.136. The van der Waals surface area contributed by atoms with Crippen molar-refractivity contribution in [2.45, 2.75) is 11.7 Å². The zero-order valence-corrected chi connectivity index (χ0v) is 7.26. The summed E-state index contributed by atoms with van der Waals surface area (Å²) in [6, 6.07) is 0. The molecule has 0 fully saturated rings. The molecule has 1 unspecified atom stereocenters. The van der Waals surface area contributed by atoms with E-state index in [9.17, 15) is 9.59 Å². The maximum atomic E-state index is 10.9. The molecule has 1 aliphatic heterocycles. The number of carbonyl (C=O) groups is 2. The Morgan fingerprint density at radius 1 is 1.75 bits per heavy atom. The fraction of sp³-hybridized carbons (Fsp3) is 0.429. The summed E-state index contributed by atoms with van der Waals surface area (Å²) in [6.45, 7) is 0. The highest BCUT2D eigenvalue weighted by molar-refractivity contribution is 8.05. The molecule has 66 valence electrons. The molecule has 1 atom stereocenters. The second kappa shape index (κ2) is 3.62. The van der Waals surface area contributed by atoms with Gasteiger partial charge < -0.3 is 9.84 Å². The first-order valence-electron chi connectivity index (χ1n) is 3.33. The van der Waals surface area contributed by atoms with Gasteiger partial charge in [-0.1, -0.05) is 6.08 Å². The van der Waals surface area contributed by atoms with Gasteiger partial charge in [0.15, 0.2) is 0 Å². The minimum absolute atomic E-state index is 0.393. The minimum Gasteiger partial charge on any atom is -0.480 e. The number of thioether (sulfide) groups is 1. The Kier molecular flexibility index (Phi) is 2.75. The van der Waals surface area contributed by atoms with Gasteiger partial charge in [-0.3, -0.25) is 4.79 Å². The van der Waals surface area contributed by atoms with Crippen LogP contribution in [0.1, 0.15) is 6.42 Å². The number of ether oxygens (including phenoxy) is 1. The molecule has 0 aliphatic carbocycles. The van der Waals surface area contributed by atoms with E-state index in [0.717, 1.165) is 11.8 Å². The highest BCUT2D eigenvalue weighted by atomic mass is 32.2. The second-order valence-corrected chi connectivity index (χ2v) is 3.48. The molecule has 0 amide bonds. The van der Waals surface area contributed by atoms with Gasteiger partial charge in [0.05, 0.1) is 12.0 Å². The smallest absolute Gasteiger partial charge is 0.344 e. The van der Waals surface area contributed by atoms with Crippen LogP contribution in [0.25, 0.3) is 0 Å². The number of hydrogen-bond acceptors (Lipinski definition) is 4. The number of carboxylic acids is 1. The Bertz CT molecular complexity index is 246. The predicted octanol–water partition coefficient (Wildman–Crippen LogP) is 0.633. The van der Waals surface area contributed by atoms with Crippen molar-refractivity contribution >= 4 is 23.7 Å². The second-order valence-electron chi connectivity index (χ2n) is 2.24. The number of esters is 1. The summed E-state index contributed by atoms with van der Waals surface area (Å²) in [4.78, 5) is 21.7. The van der Waals surface area contributed by atoms with E-state index >= 15 is 0 Å². The molecule has 0 saturated heterocycles. The van der Waals surface area contributed by atoms with Gasteiger partial charge in [-0.2, -0.15) is 0 Å². The van der Waals surface area contributed by atoms with Crippen LogP contribution in [-0.4, -0.2) is 29.4 Å². The molecular weight excluding hydrogens is 180 g/mol. The first kappa shape index (κ1) is 9.12. The van der Waals surface area contributed by atoms with Crippen molar-refractivity contribution in [1.82, 2.24) is 0 Å². The minimum atomic E-state index is -0.893. The van der Waals surface area contributed by atoms with Crippen molar-refractivity contribution in [3.8, 4) is 0 Å². The molecule has 0 saturated carbocycles. The fourth-order valence-electron chi connectivity index (χ4n) is 0.847. The lowest BCUT2D eigenvalue weighted by Gasteiger charge is -2.01. The van der Waals surface area contributed by atoms with E-state index in [-0.39, 0.29) is 0 Å². The van der Waals surface area contributed by atoms with E-state index in [2.05, 4.69) is 4.74 Å². The standard InChI is InChI=1S/C7H8O4S/c1-11-7(10)5-3-2-4(12-5)6(8)9/h3-4H,2H2,1H3,(H,8,9). The third kappa shape index (κ3) is 1.79. The third-order valence-electron chi connectivity index (χ3n) is 1.45. The van der Waals surface area contributed by atoms with Gasteiger partial charge in [-0.15, -0.1) is 11.8 Å². The molecule has 0 aromatic rings.